The Morgan fingerprint density at radius 2 is 1.96 bits per heavy atom. The van der Waals surface area contributed by atoms with Gasteiger partial charge in [-0.15, -0.1) is 0 Å². The fourth-order valence-corrected chi connectivity index (χ4v) is 2.35. The molecule has 0 fully saturated rings. The number of anilines is 1. The van der Waals surface area contributed by atoms with Crippen molar-refractivity contribution in [2.45, 2.75) is 26.6 Å². The average Bonchev–Trinajstić information content (AvgIpc) is 2.58. The third-order valence-electron chi connectivity index (χ3n) is 3.38. The number of halogens is 1. The minimum absolute atomic E-state index is 0.212. The minimum Gasteiger partial charge on any atom is -0.497 e. The van der Waals surface area contributed by atoms with Gasteiger partial charge in [0, 0.05) is 12.7 Å². The van der Waals surface area contributed by atoms with Gasteiger partial charge in [0.05, 0.1) is 30.1 Å². The normalized spacial score (nSPS) is 13.4. The van der Waals surface area contributed by atoms with Gasteiger partial charge in [0.15, 0.2) is 6.29 Å². The molecule has 1 rings (SSSR count). The number of benzene rings is 1. The van der Waals surface area contributed by atoms with Crippen molar-refractivity contribution in [3.05, 3.63) is 47.1 Å². The first-order valence-electron chi connectivity index (χ1n) is 7.74. The molecule has 0 spiro atoms. The van der Waals surface area contributed by atoms with Gasteiger partial charge in [0.1, 0.15) is 5.75 Å². The lowest BCUT2D eigenvalue weighted by Crippen LogP contribution is -2.33. The molecule has 0 aliphatic heterocycles. The summed E-state index contributed by atoms with van der Waals surface area (Å²) in [7, 11) is 3.45. The van der Waals surface area contributed by atoms with Crippen LogP contribution in [0.1, 0.15) is 20.3 Å². The van der Waals surface area contributed by atoms with Crippen molar-refractivity contribution < 1.29 is 14.9 Å². The molecule has 1 aromatic rings. The molecule has 2 N–H and O–H groups in total. The van der Waals surface area contributed by atoms with Crippen LogP contribution < -0.4 is 9.64 Å². The summed E-state index contributed by atoms with van der Waals surface area (Å²) < 4.78 is 5.13. The van der Waals surface area contributed by atoms with Crippen LogP contribution in [0.3, 0.4) is 0 Å². The van der Waals surface area contributed by atoms with Gasteiger partial charge in [0.2, 0.25) is 0 Å². The quantitative estimate of drug-likeness (QED) is 0.428. The summed E-state index contributed by atoms with van der Waals surface area (Å²) in [6, 6.07) is 7.47. The summed E-state index contributed by atoms with van der Waals surface area (Å²) in [5.41, 5.74) is 1.63. The number of nitrogens with zero attached hydrogens (tertiary/aromatic N) is 2. The molecular formula is C18H25ClN2O3. The summed E-state index contributed by atoms with van der Waals surface area (Å²) in [6.07, 6.45) is 2.68. The largest absolute Gasteiger partial charge is 0.497 e. The van der Waals surface area contributed by atoms with E-state index in [9.17, 15) is 10.2 Å². The molecule has 0 bridgehead atoms. The number of allylic oxidation sites excluding steroid dienone is 3. The zero-order chi connectivity index (χ0) is 18.1. The molecule has 0 heterocycles. The van der Waals surface area contributed by atoms with E-state index in [1.165, 1.54) is 0 Å². The number of aliphatic hydroxyl groups excluding tert-OH is 1. The Balaban J connectivity index is 2.99. The molecule has 0 radical (unpaired) electrons. The van der Waals surface area contributed by atoms with Gasteiger partial charge < -0.3 is 19.8 Å². The van der Waals surface area contributed by atoms with Crippen LogP contribution >= 0.6 is 11.6 Å². The lowest BCUT2D eigenvalue weighted by Gasteiger charge is -2.21. The zero-order valence-electron chi connectivity index (χ0n) is 14.5. The Hall–Kier alpha value is -1.82. The van der Waals surface area contributed by atoms with Crippen LogP contribution in [0.15, 0.2) is 52.1 Å². The predicted octanol–water partition coefficient (Wildman–Crippen LogP) is 3.32. The van der Waals surface area contributed by atoms with Gasteiger partial charge in [-0.25, -0.2) is 4.99 Å². The molecule has 0 unspecified atom stereocenters. The van der Waals surface area contributed by atoms with Crippen LogP contribution in [0.25, 0.3) is 0 Å². The predicted molar refractivity (Wildman–Crippen MR) is 99.9 cm³/mol. The number of hydrogen-bond donors (Lipinski definition) is 2. The maximum absolute atomic E-state index is 9.63. The van der Waals surface area contributed by atoms with E-state index in [1.54, 1.807) is 20.1 Å². The number of aliphatic hydroxyl groups is 2. The van der Waals surface area contributed by atoms with Gasteiger partial charge in [-0.3, -0.25) is 0 Å². The maximum Gasteiger partial charge on any atom is 0.193 e. The van der Waals surface area contributed by atoms with E-state index in [0.717, 1.165) is 17.9 Å². The van der Waals surface area contributed by atoms with Crippen LogP contribution in [0.2, 0.25) is 0 Å². The molecule has 0 atom stereocenters. The van der Waals surface area contributed by atoms with Gasteiger partial charge in [-0.2, -0.15) is 0 Å². The summed E-state index contributed by atoms with van der Waals surface area (Å²) in [4.78, 5) is 6.19. The fourth-order valence-electron chi connectivity index (χ4n) is 2.04. The molecule has 0 aliphatic rings. The van der Waals surface area contributed by atoms with Crippen LogP contribution in [0.5, 0.6) is 5.75 Å². The number of hydrogen-bond acceptors (Lipinski definition) is 5. The van der Waals surface area contributed by atoms with Gasteiger partial charge in [0.25, 0.3) is 0 Å². The van der Waals surface area contributed by atoms with E-state index in [4.69, 9.17) is 16.3 Å². The van der Waals surface area contributed by atoms with Crippen molar-refractivity contribution in [3.8, 4) is 5.75 Å². The first kappa shape index (κ1) is 20.2. The van der Waals surface area contributed by atoms with Crippen LogP contribution in [-0.2, 0) is 0 Å². The first-order chi connectivity index (χ1) is 11.4. The van der Waals surface area contributed by atoms with Gasteiger partial charge in [-0.05, 0) is 37.6 Å². The third-order valence-corrected chi connectivity index (χ3v) is 3.72. The van der Waals surface area contributed by atoms with Gasteiger partial charge >= 0.3 is 0 Å². The molecule has 6 heteroatoms. The highest BCUT2D eigenvalue weighted by molar-refractivity contribution is 6.32. The van der Waals surface area contributed by atoms with E-state index >= 15 is 0 Å². The SMILES string of the molecule is C/C=C(/N=C(\CN(C)c1ccc(OC)cc1)C(O)O)C(\Cl)=C/CC. The average molecular weight is 353 g/mol. The number of aliphatic imine (C=N–C) groups is 1. The Kier molecular flexibility index (Phi) is 8.54. The van der Waals surface area contributed by atoms with Crippen LogP contribution in [0, 0.1) is 0 Å². The standard InChI is InChI=1S/C18H25ClN2O3/c1-5-7-15(19)16(6-2)20-17(18(22)23)12-21(3)13-8-10-14(24-4)11-9-13/h6-11,18,22-23H,5,12H2,1-4H3/b15-7+,16-6+,20-17+. The lowest BCUT2D eigenvalue weighted by atomic mass is 10.2. The Bertz CT molecular complexity index is 607. The second kappa shape index (κ2) is 10.1. The second-order valence-electron chi connectivity index (χ2n) is 5.17. The number of methoxy groups -OCH3 is 1. The van der Waals surface area contributed by atoms with Crippen molar-refractivity contribution in [1.29, 1.82) is 0 Å². The second-order valence-corrected chi connectivity index (χ2v) is 5.57. The van der Waals surface area contributed by atoms with Crippen molar-refractivity contribution in [3.63, 3.8) is 0 Å². The van der Waals surface area contributed by atoms with Crippen LogP contribution in [0.4, 0.5) is 5.69 Å². The van der Waals surface area contributed by atoms with Gasteiger partial charge in [-0.1, -0.05) is 30.7 Å². The molecule has 0 aromatic heterocycles. The molecular weight excluding hydrogens is 328 g/mol. The molecule has 1 aromatic carbocycles. The summed E-state index contributed by atoms with van der Waals surface area (Å²) >= 11 is 6.18. The summed E-state index contributed by atoms with van der Waals surface area (Å²) in [5, 5.41) is 19.8. The van der Waals surface area contributed by atoms with Crippen molar-refractivity contribution in [2.24, 2.45) is 4.99 Å². The maximum atomic E-state index is 9.63. The highest BCUT2D eigenvalue weighted by Gasteiger charge is 2.14. The number of ether oxygens (including phenoxy) is 1. The van der Waals surface area contributed by atoms with Crippen molar-refractivity contribution in [1.82, 2.24) is 0 Å². The highest BCUT2D eigenvalue weighted by Crippen LogP contribution is 2.20. The molecule has 0 amide bonds. The minimum atomic E-state index is -1.66. The molecule has 0 saturated carbocycles. The Morgan fingerprint density at radius 1 is 1.33 bits per heavy atom. The van der Waals surface area contributed by atoms with E-state index in [-0.39, 0.29) is 12.3 Å². The smallest absolute Gasteiger partial charge is 0.193 e. The van der Waals surface area contributed by atoms with E-state index in [0.29, 0.717) is 10.7 Å². The van der Waals surface area contributed by atoms with E-state index in [1.807, 2.05) is 49.2 Å². The lowest BCUT2D eigenvalue weighted by molar-refractivity contribution is 0.0187. The Labute approximate surface area is 148 Å². The number of rotatable bonds is 8. The Morgan fingerprint density at radius 3 is 2.42 bits per heavy atom. The molecule has 132 valence electrons. The molecule has 0 saturated heterocycles. The van der Waals surface area contributed by atoms with Crippen LogP contribution in [-0.4, -0.2) is 42.9 Å². The topological polar surface area (TPSA) is 65.3 Å². The molecule has 5 nitrogen and oxygen atoms in total. The third kappa shape index (κ3) is 6.00. The highest BCUT2D eigenvalue weighted by atomic mass is 35.5. The summed E-state index contributed by atoms with van der Waals surface area (Å²) in [5.74, 6) is 0.760. The van der Waals surface area contributed by atoms with Crippen molar-refractivity contribution in [2.75, 3.05) is 25.6 Å². The van der Waals surface area contributed by atoms with Crippen molar-refractivity contribution >= 4 is 23.0 Å². The monoisotopic (exact) mass is 352 g/mol. The molecule has 24 heavy (non-hydrogen) atoms. The molecule has 0 aliphatic carbocycles. The van der Waals surface area contributed by atoms with E-state index < -0.39 is 6.29 Å². The fraction of sp³-hybridized carbons (Fsp3) is 0.389. The first-order valence-corrected chi connectivity index (χ1v) is 8.11. The van der Waals surface area contributed by atoms with E-state index in [2.05, 4.69) is 4.99 Å². The summed E-state index contributed by atoms with van der Waals surface area (Å²) in [6.45, 7) is 4.02. The zero-order valence-corrected chi connectivity index (χ0v) is 15.3.